The molecule has 1 aliphatic heterocycles. The zero-order valence-electron chi connectivity index (χ0n) is 11.9. The van der Waals surface area contributed by atoms with Crippen molar-refractivity contribution >= 4 is 17.4 Å². The summed E-state index contributed by atoms with van der Waals surface area (Å²) >= 11 is 1.76. The molecular weight excluding hydrogens is 256 g/mol. The molecule has 0 radical (unpaired) electrons. The number of rotatable bonds is 3. The Bertz CT molecular complexity index is 389. The highest BCUT2D eigenvalue weighted by molar-refractivity contribution is 7.10. The molecule has 0 unspecified atom stereocenters. The number of nitrogens with one attached hydrogen (secondary N) is 1. The first-order valence-electron chi connectivity index (χ1n) is 7.26. The second-order valence-corrected chi connectivity index (χ2v) is 6.63. The number of hydrogen-bond donors (Lipinski definition) is 1. The number of urea groups is 1. The summed E-state index contributed by atoms with van der Waals surface area (Å²) in [5.74, 6) is 0.496. The third-order valence-corrected chi connectivity index (χ3v) is 4.52. The molecule has 1 saturated heterocycles. The quantitative estimate of drug-likeness (QED) is 0.890. The van der Waals surface area contributed by atoms with E-state index in [9.17, 15) is 4.79 Å². The Morgan fingerprint density at radius 3 is 3.00 bits per heavy atom. The molecule has 0 saturated carbocycles. The summed E-state index contributed by atoms with van der Waals surface area (Å²) in [4.78, 5) is 15.7. The lowest BCUT2D eigenvalue weighted by Gasteiger charge is -2.29. The molecule has 0 aliphatic carbocycles. The zero-order valence-corrected chi connectivity index (χ0v) is 12.7. The Morgan fingerprint density at radius 1 is 1.47 bits per heavy atom. The molecule has 19 heavy (non-hydrogen) atoms. The fraction of sp³-hybridized carbons (Fsp3) is 0.667. The van der Waals surface area contributed by atoms with Gasteiger partial charge in [-0.2, -0.15) is 0 Å². The number of thiophene rings is 1. The van der Waals surface area contributed by atoms with Gasteiger partial charge in [0.2, 0.25) is 0 Å². The third-order valence-electron chi connectivity index (χ3n) is 3.55. The first-order chi connectivity index (χ1) is 9.18. The van der Waals surface area contributed by atoms with E-state index in [1.54, 1.807) is 11.3 Å². The van der Waals surface area contributed by atoms with Crippen LogP contribution in [0.2, 0.25) is 0 Å². The standard InChI is InChI=1S/C15H24N2OS/c1-12(2)11-16-15(18)17-9-5-3-4-7-13(17)14-8-6-10-19-14/h6,8,10,12-13H,3-5,7,9,11H2,1-2H3,(H,16,18)/t13-/m1/s1. The van der Waals surface area contributed by atoms with Gasteiger partial charge in [0.1, 0.15) is 0 Å². The van der Waals surface area contributed by atoms with Crippen LogP contribution in [0.5, 0.6) is 0 Å². The number of carbonyl (C=O) groups excluding carboxylic acids is 1. The average Bonchev–Trinajstić information content (AvgIpc) is 2.80. The van der Waals surface area contributed by atoms with Crippen molar-refractivity contribution in [3.8, 4) is 0 Å². The van der Waals surface area contributed by atoms with Crippen molar-refractivity contribution in [3.63, 3.8) is 0 Å². The summed E-state index contributed by atoms with van der Waals surface area (Å²) in [6.45, 7) is 5.89. The minimum absolute atomic E-state index is 0.106. The zero-order chi connectivity index (χ0) is 13.7. The molecule has 0 spiro atoms. The third kappa shape index (κ3) is 3.96. The largest absolute Gasteiger partial charge is 0.338 e. The predicted molar refractivity (Wildman–Crippen MR) is 80.5 cm³/mol. The molecule has 1 atom stereocenters. The van der Waals surface area contributed by atoms with E-state index in [0.717, 1.165) is 25.9 Å². The van der Waals surface area contributed by atoms with Gasteiger partial charge >= 0.3 is 6.03 Å². The van der Waals surface area contributed by atoms with Crippen molar-refractivity contribution < 1.29 is 4.79 Å². The summed E-state index contributed by atoms with van der Waals surface area (Å²) in [6, 6.07) is 4.61. The number of amides is 2. The van der Waals surface area contributed by atoms with Gasteiger partial charge in [0.05, 0.1) is 6.04 Å². The lowest BCUT2D eigenvalue weighted by atomic mass is 10.1. The van der Waals surface area contributed by atoms with Gasteiger partial charge in [-0.1, -0.05) is 32.8 Å². The van der Waals surface area contributed by atoms with Gasteiger partial charge in [-0.3, -0.25) is 0 Å². The number of likely N-dealkylation sites (tertiary alicyclic amines) is 1. The van der Waals surface area contributed by atoms with E-state index in [1.807, 2.05) is 4.90 Å². The molecule has 1 aliphatic rings. The summed E-state index contributed by atoms with van der Waals surface area (Å²) in [6.07, 6.45) is 4.67. The van der Waals surface area contributed by atoms with Crippen molar-refractivity contribution in [2.75, 3.05) is 13.1 Å². The average molecular weight is 280 g/mol. The second-order valence-electron chi connectivity index (χ2n) is 5.65. The molecule has 1 aromatic rings. The van der Waals surface area contributed by atoms with Gasteiger partial charge < -0.3 is 10.2 Å². The lowest BCUT2D eigenvalue weighted by molar-refractivity contribution is 0.175. The van der Waals surface area contributed by atoms with Gasteiger partial charge in [-0.15, -0.1) is 11.3 Å². The summed E-state index contributed by atoms with van der Waals surface area (Å²) in [5, 5.41) is 5.16. The molecule has 1 aromatic heterocycles. The molecule has 106 valence electrons. The maximum Gasteiger partial charge on any atom is 0.317 e. The van der Waals surface area contributed by atoms with E-state index in [2.05, 4.69) is 36.7 Å². The molecule has 4 heteroatoms. The van der Waals surface area contributed by atoms with Gasteiger partial charge in [-0.25, -0.2) is 4.79 Å². The van der Waals surface area contributed by atoms with Crippen molar-refractivity contribution in [3.05, 3.63) is 22.4 Å². The maximum absolute atomic E-state index is 12.4. The maximum atomic E-state index is 12.4. The second kappa shape index (κ2) is 6.94. The van der Waals surface area contributed by atoms with Crippen LogP contribution in [0.25, 0.3) is 0 Å². The van der Waals surface area contributed by atoms with Gasteiger partial charge in [0, 0.05) is 18.0 Å². The van der Waals surface area contributed by atoms with Crippen LogP contribution in [0.4, 0.5) is 4.79 Å². The predicted octanol–water partition coefficient (Wildman–Crippen LogP) is 4.03. The van der Waals surface area contributed by atoms with Crippen LogP contribution in [0.1, 0.15) is 50.4 Å². The molecule has 0 bridgehead atoms. The number of carbonyl (C=O) groups is 1. The minimum atomic E-state index is 0.106. The van der Waals surface area contributed by atoms with Crippen molar-refractivity contribution in [2.45, 2.75) is 45.6 Å². The molecular formula is C15H24N2OS. The van der Waals surface area contributed by atoms with E-state index in [-0.39, 0.29) is 12.1 Å². The van der Waals surface area contributed by atoms with E-state index in [0.29, 0.717) is 5.92 Å². The van der Waals surface area contributed by atoms with Crippen LogP contribution in [-0.2, 0) is 0 Å². The Morgan fingerprint density at radius 2 is 2.32 bits per heavy atom. The molecule has 1 fully saturated rings. The van der Waals surface area contributed by atoms with Gasteiger partial charge in [0.15, 0.2) is 0 Å². The summed E-state index contributed by atoms with van der Waals surface area (Å²) in [5.41, 5.74) is 0. The van der Waals surface area contributed by atoms with Crippen LogP contribution < -0.4 is 5.32 Å². The van der Waals surface area contributed by atoms with E-state index in [1.165, 1.54) is 17.7 Å². The molecule has 1 N–H and O–H groups in total. The smallest absolute Gasteiger partial charge is 0.317 e. The summed E-state index contributed by atoms with van der Waals surface area (Å²) in [7, 11) is 0. The SMILES string of the molecule is CC(C)CNC(=O)N1CCCCC[C@@H]1c1cccs1. The summed E-state index contributed by atoms with van der Waals surface area (Å²) < 4.78 is 0. The van der Waals surface area contributed by atoms with Crippen molar-refractivity contribution in [2.24, 2.45) is 5.92 Å². The number of hydrogen-bond acceptors (Lipinski definition) is 2. The van der Waals surface area contributed by atoms with Gasteiger partial charge in [0.25, 0.3) is 0 Å². The van der Waals surface area contributed by atoms with E-state index in [4.69, 9.17) is 0 Å². The Hall–Kier alpha value is -1.03. The van der Waals surface area contributed by atoms with Crippen molar-refractivity contribution in [1.29, 1.82) is 0 Å². The Labute approximate surface area is 120 Å². The molecule has 2 rings (SSSR count). The number of nitrogens with zero attached hydrogens (tertiary/aromatic N) is 1. The molecule has 3 nitrogen and oxygen atoms in total. The van der Waals surface area contributed by atoms with E-state index >= 15 is 0 Å². The highest BCUT2D eigenvalue weighted by Gasteiger charge is 2.27. The monoisotopic (exact) mass is 280 g/mol. The van der Waals surface area contributed by atoms with Crippen LogP contribution in [0.15, 0.2) is 17.5 Å². The van der Waals surface area contributed by atoms with Crippen LogP contribution in [0, 0.1) is 5.92 Å². The normalized spacial score (nSPS) is 20.4. The first kappa shape index (κ1) is 14.4. The fourth-order valence-corrected chi connectivity index (χ4v) is 3.39. The van der Waals surface area contributed by atoms with E-state index < -0.39 is 0 Å². The van der Waals surface area contributed by atoms with Crippen LogP contribution >= 0.6 is 11.3 Å². The highest BCUT2D eigenvalue weighted by Crippen LogP contribution is 2.32. The molecule has 2 heterocycles. The fourth-order valence-electron chi connectivity index (χ4n) is 2.52. The van der Waals surface area contributed by atoms with Crippen LogP contribution in [-0.4, -0.2) is 24.0 Å². The Kier molecular flexibility index (Phi) is 5.25. The van der Waals surface area contributed by atoms with Crippen molar-refractivity contribution in [1.82, 2.24) is 10.2 Å². The first-order valence-corrected chi connectivity index (χ1v) is 8.14. The topological polar surface area (TPSA) is 32.3 Å². The Balaban J connectivity index is 2.06. The highest BCUT2D eigenvalue weighted by atomic mass is 32.1. The van der Waals surface area contributed by atoms with Crippen LogP contribution in [0.3, 0.4) is 0 Å². The van der Waals surface area contributed by atoms with Gasteiger partial charge in [-0.05, 0) is 30.2 Å². The lowest BCUT2D eigenvalue weighted by Crippen LogP contribution is -2.43. The molecule has 2 amide bonds. The molecule has 0 aromatic carbocycles. The minimum Gasteiger partial charge on any atom is -0.338 e.